The van der Waals surface area contributed by atoms with Crippen molar-refractivity contribution in [3.05, 3.63) is 46.9 Å². The van der Waals surface area contributed by atoms with Gasteiger partial charge in [-0.2, -0.15) is 4.98 Å². The van der Waals surface area contributed by atoms with Gasteiger partial charge in [0, 0.05) is 18.9 Å². The van der Waals surface area contributed by atoms with Crippen molar-refractivity contribution in [3.63, 3.8) is 0 Å². The number of carbonyl (C=O) groups excluding carboxylic acids is 1. The number of nitrogens with zero attached hydrogens (tertiary/aromatic N) is 3. The van der Waals surface area contributed by atoms with Gasteiger partial charge >= 0.3 is 0 Å². The van der Waals surface area contributed by atoms with Crippen LogP contribution in [-0.4, -0.2) is 34.0 Å². The molecule has 1 N–H and O–H groups in total. The molecular weight excluding hydrogens is 347 g/mol. The average molecular weight is 374 g/mol. The Morgan fingerprint density at radius 1 is 1.41 bits per heavy atom. The molecule has 1 aliphatic heterocycles. The van der Waals surface area contributed by atoms with Crippen molar-refractivity contribution < 1.29 is 13.7 Å². The van der Waals surface area contributed by atoms with E-state index in [1.54, 1.807) is 13.0 Å². The van der Waals surface area contributed by atoms with Crippen LogP contribution < -0.4 is 5.32 Å². The molecule has 2 aromatic rings. The van der Waals surface area contributed by atoms with Crippen LogP contribution in [0.5, 0.6) is 0 Å². The summed E-state index contributed by atoms with van der Waals surface area (Å²) in [4.78, 5) is 19.1. The van der Waals surface area contributed by atoms with Crippen LogP contribution in [0.3, 0.4) is 0 Å². The summed E-state index contributed by atoms with van der Waals surface area (Å²) in [6.07, 6.45) is 2.32. The van der Waals surface area contributed by atoms with Crippen LogP contribution in [0, 0.1) is 18.7 Å². The van der Waals surface area contributed by atoms with Gasteiger partial charge in [-0.15, -0.1) is 0 Å². The molecule has 7 heteroatoms. The Balaban J connectivity index is 1.47. The first kappa shape index (κ1) is 19.5. The van der Waals surface area contributed by atoms with Gasteiger partial charge in [0.25, 0.3) is 0 Å². The van der Waals surface area contributed by atoms with Crippen LogP contribution in [0.25, 0.3) is 0 Å². The highest BCUT2D eigenvalue weighted by atomic mass is 19.1. The third kappa shape index (κ3) is 4.71. The van der Waals surface area contributed by atoms with Crippen molar-refractivity contribution in [1.82, 2.24) is 20.4 Å². The summed E-state index contributed by atoms with van der Waals surface area (Å²) in [6, 6.07) is 5.11. The molecule has 1 saturated heterocycles. The molecule has 1 aromatic heterocycles. The molecule has 27 heavy (non-hydrogen) atoms. The number of hydrogen-bond acceptors (Lipinski definition) is 5. The molecule has 0 spiro atoms. The quantitative estimate of drug-likeness (QED) is 0.841. The molecule has 1 fully saturated rings. The highest BCUT2D eigenvalue weighted by molar-refractivity contribution is 5.78. The van der Waals surface area contributed by atoms with Crippen LogP contribution >= 0.6 is 0 Å². The van der Waals surface area contributed by atoms with Gasteiger partial charge < -0.3 is 9.84 Å². The number of rotatable bonds is 6. The van der Waals surface area contributed by atoms with E-state index >= 15 is 0 Å². The van der Waals surface area contributed by atoms with Gasteiger partial charge in [0.15, 0.2) is 5.82 Å². The molecule has 1 amide bonds. The fraction of sp³-hybridized carbons (Fsp3) is 0.550. The van der Waals surface area contributed by atoms with E-state index in [4.69, 9.17) is 4.52 Å². The lowest BCUT2D eigenvalue weighted by atomic mass is 9.95. The minimum Gasteiger partial charge on any atom is -0.352 e. The number of carbonyl (C=O) groups is 1. The van der Waals surface area contributed by atoms with Crippen molar-refractivity contribution in [2.24, 2.45) is 5.92 Å². The predicted octanol–water partition coefficient (Wildman–Crippen LogP) is 3.17. The summed E-state index contributed by atoms with van der Waals surface area (Å²) in [5.74, 6) is 1.14. The number of benzene rings is 1. The number of piperidine rings is 1. The Kier molecular flexibility index (Phi) is 6.21. The van der Waals surface area contributed by atoms with Crippen LogP contribution in [0.1, 0.15) is 55.6 Å². The minimum absolute atomic E-state index is 0.0161. The molecule has 1 aromatic carbocycles. The third-order valence-corrected chi connectivity index (χ3v) is 5.31. The molecule has 3 rings (SSSR count). The van der Waals surface area contributed by atoms with Crippen molar-refractivity contribution in [2.75, 3.05) is 13.1 Å². The summed E-state index contributed by atoms with van der Waals surface area (Å²) >= 11 is 0. The SMILES string of the molecule is CCc1noc(C(C)N2CCC(C(=O)NCc3ccc(C)c(F)c3)CC2)n1. The molecule has 0 aliphatic carbocycles. The van der Waals surface area contributed by atoms with Crippen molar-refractivity contribution in [2.45, 2.75) is 52.6 Å². The number of likely N-dealkylation sites (tertiary alicyclic amines) is 1. The first-order valence-corrected chi connectivity index (χ1v) is 9.57. The summed E-state index contributed by atoms with van der Waals surface area (Å²) in [7, 11) is 0. The van der Waals surface area contributed by atoms with Gasteiger partial charge in [-0.25, -0.2) is 4.39 Å². The Hall–Kier alpha value is -2.28. The minimum atomic E-state index is -0.240. The van der Waals surface area contributed by atoms with Crippen molar-refractivity contribution in [3.8, 4) is 0 Å². The van der Waals surface area contributed by atoms with Crippen molar-refractivity contribution in [1.29, 1.82) is 0 Å². The number of hydrogen-bond donors (Lipinski definition) is 1. The van der Waals surface area contributed by atoms with E-state index < -0.39 is 0 Å². The maximum atomic E-state index is 13.6. The number of aryl methyl sites for hydroxylation is 2. The molecular formula is C20H27FN4O2. The largest absolute Gasteiger partial charge is 0.352 e. The molecule has 146 valence electrons. The first-order valence-electron chi connectivity index (χ1n) is 9.57. The monoisotopic (exact) mass is 374 g/mol. The normalized spacial score (nSPS) is 17.0. The molecule has 2 heterocycles. The molecule has 0 saturated carbocycles. The Morgan fingerprint density at radius 3 is 2.78 bits per heavy atom. The van der Waals surface area contributed by atoms with E-state index in [0.717, 1.165) is 43.7 Å². The van der Waals surface area contributed by atoms with Gasteiger partial charge in [-0.1, -0.05) is 24.2 Å². The summed E-state index contributed by atoms with van der Waals surface area (Å²) in [5, 5.41) is 6.89. The molecule has 6 nitrogen and oxygen atoms in total. The van der Waals surface area contributed by atoms with E-state index in [1.165, 1.54) is 6.07 Å². The molecule has 1 aliphatic rings. The summed E-state index contributed by atoms with van der Waals surface area (Å²) < 4.78 is 18.9. The summed E-state index contributed by atoms with van der Waals surface area (Å²) in [5.41, 5.74) is 1.39. The highest BCUT2D eigenvalue weighted by Gasteiger charge is 2.29. The van der Waals surface area contributed by atoms with E-state index in [2.05, 4.69) is 27.3 Å². The lowest BCUT2D eigenvalue weighted by Gasteiger charge is -2.33. The Labute approximate surface area is 159 Å². The first-order chi connectivity index (χ1) is 13.0. The fourth-order valence-electron chi connectivity index (χ4n) is 3.37. The van der Waals surface area contributed by atoms with E-state index in [9.17, 15) is 9.18 Å². The van der Waals surface area contributed by atoms with Crippen LogP contribution in [0.15, 0.2) is 22.7 Å². The third-order valence-electron chi connectivity index (χ3n) is 5.31. The second-order valence-electron chi connectivity index (χ2n) is 7.19. The number of halogens is 1. The number of aromatic nitrogens is 2. The zero-order valence-corrected chi connectivity index (χ0v) is 16.2. The van der Waals surface area contributed by atoms with Gasteiger partial charge in [0.2, 0.25) is 11.8 Å². The number of amides is 1. The van der Waals surface area contributed by atoms with Crippen LogP contribution in [0.2, 0.25) is 0 Å². The lowest BCUT2D eigenvalue weighted by molar-refractivity contribution is -0.126. The standard InChI is InChI=1S/C20H27FN4O2/c1-4-18-23-20(27-24-18)14(3)25-9-7-16(8-10-25)19(26)22-12-15-6-5-13(2)17(21)11-15/h5-6,11,14,16H,4,7-10,12H2,1-3H3,(H,22,26). The van der Waals surface area contributed by atoms with Crippen LogP contribution in [0.4, 0.5) is 4.39 Å². The zero-order chi connectivity index (χ0) is 19.4. The van der Waals surface area contributed by atoms with Crippen molar-refractivity contribution >= 4 is 5.91 Å². The van der Waals surface area contributed by atoms with Gasteiger partial charge in [-0.3, -0.25) is 9.69 Å². The summed E-state index contributed by atoms with van der Waals surface area (Å²) in [6.45, 7) is 7.75. The van der Waals surface area contributed by atoms with Gasteiger partial charge in [0.05, 0.1) is 6.04 Å². The zero-order valence-electron chi connectivity index (χ0n) is 16.2. The second kappa shape index (κ2) is 8.61. The van der Waals surface area contributed by atoms with Crippen LogP contribution in [-0.2, 0) is 17.8 Å². The molecule has 0 radical (unpaired) electrons. The van der Waals surface area contributed by atoms with Gasteiger partial charge in [0.1, 0.15) is 5.82 Å². The number of nitrogens with one attached hydrogen (secondary N) is 1. The maximum absolute atomic E-state index is 13.6. The maximum Gasteiger partial charge on any atom is 0.243 e. The van der Waals surface area contributed by atoms with Gasteiger partial charge in [-0.05, 0) is 57.0 Å². The highest BCUT2D eigenvalue weighted by Crippen LogP contribution is 2.26. The topological polar surface area (TPSA) is 71.3 Å². The van der Waals surface area contributed by atoms with E-state index in [0.29, 0.717) is 18.0 Å². The van der Waals surface area contributed by atoms with E-state index in [-0.39, 0.29) is 23.7 Å². The molecule has 1 unspecified atom stereocenters. The lowest BCUT2D eigenvalue weighted by Crippen LogP contribution is -2.41. The predicted molar refractivity (Wildman–Crippen MR) is 99.4 cm³/mol. The Morgan fingerprint density at radius 2 is 2.15 bits per heavy atom. The Bertz CT molecular complexity index is 784. The molecule has 1 atom stereocenters. The average Bonchev–Trinajstić information content (AvgIpc) is 3.17. The molecule has 0 bridgehead atoms. The van der Waals surface area contributed by atoms with E-state index in [1.807, 2.05) is 13.0 Å². The fourth-order valence-corrected chi connectivity index (χ4v) is 3.37. The second-order valence-corrected chi connectivity index (χ2v) is 7.19. The smallest absolute Gasteiger partial charge is 0.243 e.